The lowest BCUT2D eigenvalue weighted by Gasteiger charge is -2.35. The predicted molar refractivity (Wildman–Crippen MR) is 91.7 cm³/mol. The van der Waals surface area contributed by atoms with E-state index in [1.54, 1.807) is 16.2 Å². The fourth-order valence-electron chi connectivity index (χ4n) is 3.14. The van der Waals surface area contributed by atoms with Crippen LogP contribution in [0.1, 0.15) is 40.2 Å². The summed E-state index contributed by atoms with van der Waals surface area (Å²) in [6.07, 6.45) is 1.56. The van der Waals surface area contributed by atoms with Gasteiger partial charge in [0.2, 0.25) is 9.84 Å². The number of rotatable bonds is 4. The van der Waals surface area contributed by atoms with E-state index in [1.807, 2.05) is 18.4 Å². The Balaban J connectivity index is 1.87. The van der Waals surface area contributed by atoms with E-state index >= 15 is 0 Å². The Morgan fingerprint density at radius 2 is 1.96 bits per heavy atom. The summed E-state index contributed by atoms with van der Waals surface area (Å²) < 4.78 is 48.1. The summed E-state index contributed by atoms with van der Waals surface area (Å²) in [6.45, 7) is 2.60. The Morgan fingerprint density at radius 3 is 2.56 bits per heavy atom. The molecule has 3 rings (SSSR count). The van der Waals surface area contributed by atoms with Crippen LogP contribution in [-0.2, 0) is 16.3 Å². The summed E-state index contributed by atoms with van der Waals surface area (Å²) in [5.74, 6) is -3.69. The maximum Gasteiger partial charge on any atom is 0.341 e. The van der Waals surface area contributed by atoms with Gasteiger partial charge >= 0.3 is 5.76 Å². The van der Waals surface area contributed by atoms with Gasteiger partial charge in [0.25, 0.3) is 5.91 Å². The first-order valence-corrected chi connectivity index (χ1v) is 10.3. The number of hydrogen-bond acceptors (Lipinski definition) is 4. The first-order chi connectivity index (χ1) is 11.9. The molecule has 0 saturated carbocycles. The Kier molecular flexibility index (Phi) is 4.92. The van der Waals surface area contributed by atoms with Crippen LogP contribution < -0.4 is 0 Å². The average Bonchev–Trinajstić information content (AvgIpc) is 3.09. The Labute approximate surface area is 149 Å². The third-order valence-electron chi connectivity index (χ3n) is 4.41. The van der Waals surface area contributed by atoms with E-state index in [0.29, 0.717) is 12.1 Å². The van der Waals surface area contributed by atoms with E-state index in [0.717, 1.165) is 30.5 Å². The molecule has 8 heteroatoms. The van der Waals surface area contributed by atoms with Gasteiger partial charge in [-0.05, 0) is 54.1 Å². The fraction of sp³-hybridized carbons (Fsp3) is 0.353. The summed E-state index contributed by atoms with van der Waals surface area (Å²) in [5, 5.41) is 2.02. The van der Waals surface area contributed by atoms with Crippen molar-refractivity contribution in [2.45, 2.75) is 36.5 Å². The van der Waals surface area contributed by atoms with Crippen LogP contribution in [0.25, 0.3) is 0 Å². The zero-order chi connectivity index (χ0) is 18.2. The molecule has 1 unspecified atom stereocenters. The number of carbonyl (C=O) groups is 1. The molecule has 0 saturated heterocycles. The van der Waals surface area contributed by atoms with Gasteiger partial charge in [-0.1, -0.05) is 6.92 Å². The maximum absolute atomic E-state index is 12.8. The van der Waals surface area contributed by atoms with Crippen LogP contribution in [0.3, 0.4) is 0 Å². The van der Waals surface area contributed by atoms with Crippen molar-refractivity contribution in [3.05, 3.63) is 51.7 Å². The highest BCUT2D eigenvalue weighted by Crippen LogP contribution is 2.36. The van der Waals surface area contributed by atoms with Crippen molar-refractivity contribution in [1.82, 2.24) is 4.90 Å². The highest BCUT2D eigenvalue weighted by atomic mass is 32.2. The molecular weight excluding hydrogens is 368 g/mol. The number of nitrogens with zero attached hydrogens (tertiary/aromatic N) is 1. The van der Waals surface area contributed by atoms with E-state index in [9.17, 15) is 22.0 Å². The third-order valence-corrected chi connectivity index (χ3v) is 6.80. The van der Waals surface area contributed by atoms with Crippen molar-refractivity contribution >= 4 is 27.1 Å². The summed E-state index contributed by atoms with van der Waals surface area (Å²) >= 11 is 1.69. The number of benzene rings is 1. The average molecular weight is 385 g/mol. The van der Waals surface area contributed by atoms with Crippen molar-refractivity contribution in [3.8, 4) is 0 Å². The second-order valence-electron chi connectivity index (χ2n) is 5.80. The number of amides is 1. The summed E-state index contributed by atoms with van der Waals surface area (Å²) in [6, 6.07) is 6.74. The molecular formula is C17H17F2NO3S2. The highest BCUT2D eigenvalue weighted by molar-refractivity contribution is 7.91. The van der Waals surface area contributed by atoms with E-state index < -0.39 is 20.5 Å². The number of fused-ring (bicyclic) bond motifs is 1. The standard InChI is InChI=1S/C17H17F2NO3S2/c1-2-14-13-8-10-24-15(13)7-9-20(14)16(21)11-3-5-12(6-4-11)25(22,23)17(18)19/h3-6,8,10,14,17H,2,7,9H2,1H3. The molecule has 1 aromatic heterocycles. The molecule has 134 valence electrons. The van der Waals surface area contributed by atoms with Gasteiger partial charge in [0.1, 0.15) is 0 Å². The highest BCUT2D eigenvalue weighted by Gasteiger charge is 2.31. The molecule has 25 heavy (non-hydrogen) atoms. The molecule has 0 bridgehead atoms. The normalized spacial score (nSPS) is 17.6. The van der Waals surface area contributed by atoms with Crippen molar-refractivity contribution in [2.75, 3.05) is 6.54 Å². The molecule has 2 aromatic rings. The monoisotopic (exact) mass is 385 g/mol. The van der Waals surface area contributed by atoms with Crippen LogP contribution in [0, 0.1) is 0 Å². The quantitative estimate of drug-likeness (QED) is 0.802. The second-order valence-corrected chi connectivity index (χ2v) is 8.72. The minimum absolute atomic E-state index is 0.0213. The molecule has 4 nitrogen and oxygen atoms in total. The first-order valence-electron chi connectivity index (χ1n) is 7.85. The van der Waals surface area contributed by atoms with Crippen molar-refractivity contribution < 1.29 is 22.0 Å². The Morgan fingerprint density at radius 1 is 1.28 bits per heavy atom. The van der Waals surface area contributed by atoms with Gasteiger partial charge in [-0.15, -0.1) is 11.3 Å². The molecule has 0 aliphatic carbocycles. The Bertz CT molecular complexity index is 876. The lowest BCUT2D eigenvalue weighted by Crippen LogP contribution is -2.39. The molecule has 1 aliphatic heterocycles. The van der Waals surface area contributed by atoms with Crippen LogP contribution >= 0.6 is 11.3 Å². The third kappa shape index (κ3) is 3.20. The molecule has 1 aliphatic rings. The van der Waals surface area contributed by atoms with Gasteiger partial charge in [0.05, 0.1) is 10.9 Å². The molecule has 0 radical (unpaired) electrons. The van der Waals surface area contributed by atoms with Crippen LogP contribution in [-0.4, -0.2) is 31.5 Å². The smallest absolute Gasteiger partial charge is 0.331 e. The van der Waals surface area contributed by atoms with Crippen LogP contribution in [0.2, 0.25) is 0 Å². The van der Waals surface area contributed by atoms with Crippen molar-refractivity contribution in [3.63, 3.8) is 0 Å². The summed E-state index contributed by atoms with van der Waals surface area (Å²) in [4.78, 5) is 15.4. The molecule has 1 atom stereocenters. The number of alkyl halides is 2. The van der Waals surface area contributed by atoms with Gasteiger partial charge < -0.3 is 4.90 Å². The molecule has 1 amide bonds. The van der Waals surface area contributed by atoms with Crippen molar-refractivity contribution in [2.24, 2.45) is 0 Å². The van der Waals surface area contributed by atoms with Gasteiger partial charge in [0, 0.05) is 17.0 Å². The fourth-order valence-corrected chi connectivity index (χ4v) is 4.79. The number of carbonyl (C=O) groups excluding carboxylic acids is 1. The van der Waals surface area contributed by atoms with Gasteiger partial charge in [-0.3, -0.25) is 4.79 Å². The van der Waals surface area contributed by atoms with E-state index in [1.165, 1.54) is 17.0 Å². The molecule has 1 aromatic carbocycles. The summed E-state index contributed by atoms with van der Waals surface area (Å²) in [5.41, 5.74) is 1.45. The zero-order valence-corrected chi connectivity index (χ0v) is 15.1. The number of sulfone groups is 1. The summed E-state index contributed by atoms with van der Waals surface area (Å²) in [7, 11) is -4.65. The van der Waals surface area contributed by atoms with Gasteiger partial charge in [-0.25, -0.2) is 8.42 Å². The van der Waals surface area contributed by atoms with Crippen LogP contribution in [0.4, 0.5) is 8.78 Å². The van der Waals surface area contributed by atoms with E-state index in [4.69, 9.17) is 0 Å². The maximum atomic E-state index is 12.8. The number of halogens is 2. The van der Waals surface area contributed by atoms with Crippen LogP contribution in [0.5, 0.6) is 0 Å². The zero-order valence-electron chi connectivity index (χ0n) is 13.5. The van der Waals surface area contributed by atoms with Crippen LogP contribution in [0.15, 0.2) is 40.6 Å². The molecule has 0 spiro atoms. The Hall–Kier alpha value is -1.80. The van der Waals surface area contributed by atoms with E-state index in [2.05, 4.69) is 0 Å². The molecule has 0 N–H and O–H groups in total. The van der Waals surface area contributed by atoms with E-state index in [-0.39, 0.29) is 11.9 Å². The largest absolute Gasteiger partial charge is 0.341 e. The minimum atomic E-state index is -4.65. The lowest BCUT2D eigenvalue weighted by molar-refractivity contribution is 0.0657. The molecule has 2 heterocycles. The topological polar surface area (TPSA) is 54.5 Å². The first kappa shape index (κ1) is 18.0. The van der Waals surface area contributed by atoms with Gasteiger partial charge in [0.15, 0.2) is 0 Å². The van der Waals surface area contributed by atoms with Crippen molar-refractivity contribution in [1.29, 1.82) is 0 Å². The minimum Gasteiger partial charge on any atom is -0.331 e. The number of thiophene rings is 1. The van der Waals surface area contributed by atoms with Gasteiger partial charge in [-0.2, -0.15) is 8.78 Å². The lowest BCUT2D eigenvalue weighted by atomic mass is 9.97. The second kappa shape index (κ2) is 6.84. The SMILES string of the molecule is CCC1c2ccsc2CCN1C(=O)c1ccc(S(=O)(=O)C(F)F)cc1. The molecule has 0 fully saturated rings. The predicted octanol–water partition coefficient (Wildman–Crippen LogP) is 3.89. The number of hydrogen-bond donors (Lipinski definition) is 0.